The average molecular weight is 462 g/mol. The van der Waals surface area contributed by atoms with Crippen molar-refractivity contribution in [1.29, 1.82) is 0 Å². The maximum absolute atomic E-state index is 12.0. The zero-order valence-corrected chi connectivity index (χ0v) is 17.9. The van der Waals surface area contributed by atoms with Gasteiger partial charge >= 0.3 is 0 Å². The number of amides is 1. The zero-order valence-electron chi connectivity index (χ0n) is 15.6. The monoisotopic (exact) mass is 462 g/mol. The van der Waals surface area contributed by atoms with E-state index in [4.69, 9.17) is 4.74 Å². The molecule has 1 aromatic carbocycles. The third-order valence-electron chi connectivity index (χ3n) is 3.29. The summed E-state index contributed by atoms with van der Waals surface area (Å²) >= 11 is 0. The molecule has 0 aliphatic carbocycles. The van der Waals surface area contributed by atoms with Crippen LogP contribution in [0.4, 0.5) is 0 Å². The predicted molar refractivity (Wildman–Crippen MR) is 114 cm³/mol. The molecular weight excluding hydrogens is 431 g/mol. The lowest BCUT2D eigenvalue weighted by molar-refractivity contribution is 0.0953. The molecule has 0 aliphatic heterocycles. The van der Waals surface area contributed by atoms with Gasteiger partial charge in [-0.05, 0) is 38.0 Å². The molecule has 0 bridgehead atoms. The summed E-state index contributed by atoms with van der Waals surface area (Å²) in [5.41, 5.74) is 1.66. The van der Waals surface area contributed by atoms with Gasteiger partial charge in [-0.1, -0.05) is 19.1 Å². The molecular formula is C18H31IN4O2. The first-order chi connectivity index (χ1) is 11.6. The number of ether oxygens (including phenoxy) is 1. The first-order valence-electron chi connectivity index (χ1n) is 8.51. The summed E-state index contributed by atoms with van der Waals surface area (Å²) in [5.74, 6) is 0.698. The third kappa shape index (κ3) is 9.64. The van der Waals surface area contributed by atoms with Crippen LogP contribution < -0.4 is 16.0 Å². The molecule has 0 saturated heterocycles. The lowest BCUT2D eigenvalue weighted by Crippen LogP contribution is -2.43. The van der Waals surface area contributed by atoms with Gasteiger partial charge in [0, 0.05) is 31.8 Å². The second-order valence-corrected chi connectivity index (χ2v) is 5.65. The maximum Gasteiger partial charge on any atom is 0.251 e. The zero-order chi connectivity index (χ0) is 17.8. The number of nitrogens with zero attached hydrogens (tertiary/aromatic N) is 1. The Hall–Kier alpha value is -1.35. The standard InChI is InChI=1S/C18H30N4O2.HI/c1-5-10-20-17(23)16-9-7-8-15(11-16)12-21-18(19-6-2)22-14(3)13-24-4;/h7-9,11,14H,5-6,10,12-13H2,1-4H3,(H,20,23)(H2,19,21,22);1H. The van der Waals surface area contributed by atoms with Crippen molar-refractivity contribution in [2.24, 2.45) is 4.99 Å². The number of methoxy groups -OCH3 is 1. The van der Waals surface area contributed by atoms with Gasteiger partial charge in [0.2, 0.25) is 0 Å². The van der Waals surface area contributed by atoms with Crippen molar-refractivity contribution in [1.82, 2.24) is 16.0 Å². The van der Waals surface area contributed by atoms with Crippen LogP contribution in [0, 0.1) is 0 Å². The number of aliphatic imine (C=N–C) groups is 1. The van der Waals surface area contributed by atoms with E-state index in [2.05, 4.69) is 20.9 Å². The number of halogens is 1. The molecule has 1 atom stereocenters. The van der Waals surface area contributed by atoms with Crippen LogP contribution in [0.3, 0.4) is 0 Å². The maximum atomic E-state index is 12.0. The van der Waals surface area contributed by atoms with E-state index >= 15 is 0 Å². The van der Waals surface area contributed by atoms with Crippen LogP contribution in [0.15, 0.2) is 29.3 Å². The fourth-order valence-electron chi connectivity index (χ4n) is 2.17. The van der Waals surface area contributed by atoms with Crippen LogP contribution in [0.1, 0.15) is 43.1 Å². The number of hydrogen-bond acceptors (Lipinski definition) is 3. The van der Waals surface area contributed by atoms with Crippen LogP contribution in [-0.4, -0.2) is 44.7 Å². The number of guanidine groups is 1. The normalized spacial score (nSPS) is 12.1. The molecule has 142 valence electrons. The van der Waals surface area contributed by atoms with Crippen LogP contribution in [0.25, 0.3) is 0 Å². The summed E-state index contributed by atoms with van der Waals surface area (Å²) < 4.78 is 5.13. The molecule has 0 aliphatic rings. The molecule has 3 N–H and O–H groups in total. The Kier molecular flexibility index (Phi) is 13.1. The predicted octanol–water partition coefficient (Wildman–Crippen LogP) is 2.53. The molecule has 1 unspecified atom stereocenters. The van der Waals surface area contributed by atoms with Gasteiger partial charge in [0.15, 0.2) is 5.96 Å². The third-order valence-corrected chi connectivity index (χ3v) is 3.29. The highest BCUT2D eigenvalue weighted by molar-refractivity contribution is 14.0. The molecule has 1 amide bonds. The molecule has 0 spiro atoms. The van der Waals surface area contributed by atoms with Crippen molar-refractivity contribution in [2.75, 3.05) is 26.8 Å². The minimum Gasteiger partial charge on any atom is -0.383 e. The number of nitrogens with one attached hydrogen (secondary N) is 3. The number of carbonyl (C=O) groups excluding carboxylic acids is 1. The molecule has 1 rings (SSSR count). The Labute approximate surface area is 168 Å². The molecule has 1 aromatic rings. The molecule has 0 radical (unpaired) electrons. The van der Waals surface area contributed by atoms with E-state index in [1.165, 1.54) is 0 Å². The minimum absolute atomic E-state index is 0. The Bertz CT molecular complexity index is 538. The van der Waals surface area contributed by atoms with Crippen molar-refractivity contribution < 1.29 is 9.53 Å². The quantitative estimate of drug-likeness (QED) is 0.300. The molecule has 6 nitrogen and oxygen atoms in total. The fraction of sp³-hybridized carbons (Fsp3) is 0.556. The summed E-state index contributed by atoms with van der Waals surface area (Å²) in [6, 6.07) is 7.74. The van der Waals surface area contributed by atoms with Crippen LogP contribution in [0.5, 0.6) is 0 Å². The summed E-state index contributed by atoms with van der Waals surface area (Å²) in [5, 5.41) is 9.39. The van der Waals surface area contributed by atoms with Crippen LogP contribution >= 0.6 is 24.0 Å². The highest BCUT2D eigenvalue weighted by atomic mass is 127. The summed E-state index contributed by atoms with van der Waals surface area (Å²) in [6.07, 6.45) is 0.924. The van der Waals surface area contributed by atoms with Gasteiger partial charge in [-0.15, -0.1) is 24.0 Å². The van der Waals surface area contributed by atoms with E-state index in [-0.39, 0.29) is 35.9 Å². The first-order valence-corrected chi connectivity index (χ1v) is 8.51. The van der Waals surface area contributed by atoms with Crippen molar-refractivity contribution in [3.05, 3.63) is 35.4 Å². The summed E-state index contributed by atoms with van der Waals surface area (Å²) in [7, 11) is 1.68. The molecule has 0 heterocycles. The molecule has 25 heavy (non-hydrogen) atoms. The Morgan fingerprint density at radius 2 is 2.04 bits per heavy atom. The van der Waals surface area contributed by atoms with Gasteiger partial charge in [0.25, 0.3) is 5.91 Å². The van der Waals surface area contributed by atoms with Crippen molar-refractivity contribution in [3.8, 4) is 0 Å². The average Bonchev–Trinajstić information content (AvgIpc) is 2.58. The van der Waals surface area contributed by atoms with Crippen molar-refractivity contribution in [2.45, 2.75) is 39.8 Å². The van der Waals surface area contributed by atoms with Gasteiger partial charge in [-0.3, -0.25) is 4.79 Å². The smallest absolute Gasteiger partial charge is 0.251 e. The highest BCUT2D eigenvalue weighted by Gasteiger charge is 2.06. The molecule has 7 heteroatoms. The Morgan fingerprint density at radius 3 is 2.68 bits per heavy atom. The van der Waals surface area contributed by atoms with Crippen LogP contribution in [0.2, 0.25) is 0 Å². The number of carbonyl (C=O) groups is 1. The van der Waals surface area contributed by atoms with Crippen molar-refractivity contribution in [3.63, 3.8) is 0 Å². The van der Waals surface area contributed by atoms with Gasteiger partial charge in [0.1, 0.15) is 0 Å². The Balaban J connectivity index is 0.00000576. The highest BCUT2D eigenvalue weighted by Crippen LogP contribution is 2.07. The van der Waals surface area contributed by atoms with E-state index in [0.717, 1.165) is 24.5 Å². The second-order valence-electron chi connectivity index (χ2n) is 5.65. The molecule has 0 aromatic heterocycles. The van der Waals surface area contributed by atoms with Gasteiger partial charge in [-0.2, -0.15) is 0 Å². The SMILES string of the molecule is CCCNC(=O)c1cccc(CN=C(NCC)NC(C)COC)c1.I. The van der Waals surface area contributed by atoms with E-state index in [9.17, 15) is 4.79 Å². The van der Waals surface area contributed by atoms with Crippen LogP contribution in [-0.2, 0) is 11.3 Å². The second kappa shape index (κ2) is 13.9. The topological polar surface area (TPSA) is 74.8 Å². The number of hydrogen-bond donors (Lipinski definition) is 3. The first kappa shape index (κ1) is 23.6. The van der Waals surface area contributed by atoms with Gasteiger partial charge in [-0.25, -0.2) is 4.99 Å². The minimum atomic E-state index is -0.0403. The van der Waals surface area contributed by atoms with E-state index in [0.29, 0.717) is 25.3 Å². The lowest BCUT2D eigenvalue weighted by atomic mass is 10.1. The van der Waals surface area contributed by atoms with Gasteiger partial charge in [0.05, 0.1) is 13.2 Å². The Morgan fingerprint density at radius 1 is 1.28 bits per heavy atom. The van der Waals surface area contributed by atoms with Crippen molar-refractivity contribution >= 4 is 35.8 Å². The molecule has 0 fully saturated rings. The van der Waals surface area contributed by atoms with Gasteiger partial charge < -0.3 is 20.7 Å². The largest absolute Gasteiger partial charge is 0.383 e. The summed E-state index contributed by atoms with van der Waals surface area (Å²) in [4.78, 5) is 16.6. The fourth-order valence-corrected chi connectivity index (χ4v) is 2.17. The molecule has 0 saturated carbocycles. The van der Waals surface area contributed by atoms with E-state index in [1.54, 1.807) is 7.11 Å². The number of benzene rings is 1. The summed E-state index contributed by atoms with van der Waals surface area (Å²) in [6.45, 7) is 8.68. The lowest BCUT2D eigenvalue weighted by Gasteiger charge is -2.17. The number of rotatable bonds is 9. The van der Waals surface area contributed by atoms with E-state index < -0.39 is 0 Å². The van der Waals surface area contributed by atoms with E-state index in [1.807, 2.05) is 45.0 Å².